The molecule has 3 rings (SSSR count). The average Bonchev–Trinajstić information content (AvgIpc) is 3.16. The third-order valence-corrected chi connectivity index (χ3v) is 5.45. The molecule has 1 saturated heterocycles. The van der Waals surface area contributed by atoms with Gasteiger partial charge in [0.2, 0.25) is 10.0 Å². The predicted octanol–water partition coefficient (Wildman–Crippen LogP) is 2.42. The Bertz CT molecular complexity index is 755. The summed E-state index contributed by atoms with van der Waals surface area (Å²) in [5, 5.41) is 3.92. The molecule has 124 valence electrons. The van der Waals surface area contributed by atoms with Crippen molar-refractivity contribution in [3.8, 4) is 11.1 Å². The fourth-order valence-electron chi connectivity index (χ4n) is 2.79. The molecule has 0 amide bonds. The Kier molecular flexibility index (Phi) is 4.52. The fraction of sp³-hybridized carbons (Fsp3) is 0.438. The summed E-state index contributed by atoms with van der Waals surface area (Å²) in [6.07, 6.45) is 1.86. The van der Waals surface area contributed by atoms with Gasteiger partial charge in [-0.15, -0.1) is 0 Å². The number of nitrogens with one attached hydrogen (secondary N) is 1. The lowest BCUT2D eigenvalue weighted by atomic mass is 10.0. The van der Waals surface area contributed by atoms with E-state index in [4.69, 9.17) is 9.26 Å². The van der Waals surface area contributed by atoms with E-state index in [1.165, 1.54) is 0 Å². The van der Waals surface area contributed by atoms with Crippen LogP contribution in [0.15, 0.2) is 33.7 Å². The van der Waals surface area contributed by atoms with Crippen molar-refractivity contribution >= 4 is 10.0 Å². The molecule has 1 N–H and O–H groups in total. The highest BCUT2D eigenvalue weighted by atomic mass is 32.2. The van der Waals surface area contributed by atoms with Gasteiger partial charge in [-0.05, 0) is 44.4 Å². The molecule has 0 unspecified atom stereocenters. The highest BCUT2D eigenvalue weighted by Crippen LogP contribution is 2.27. The number of ether oxygens (including phenoxy) is 1. The molecule has 1 atom stereocenters. The number of sulfonamides is 1. The smallest absolute Gasteiger partial charge is 0.240 e. The minimum absolute atomic E-state index is 0.0219. The standard InChI is InChI=1S/C16H20N2O4S/c1-11-16(12(2)22-18-11)13-5-7-15(8-6-13)23(19,20)17-10-14-4-3-9-21-14/h5-8,14,17H,3-4,9-10H2,1-2H3/t14-/m0/s1. The minimum atomic E-state index is -3.52. The molecule has 0 bridgehead atoms. The van der Waals surface area contributed by atoms with E-state index in [1.54, 1.807) is 24.3 Å². The van der Waals surface area contributed by atoms with Crippen LogP contribution in [0, 0.1) is 13.8 Å². The van der Waals surface area contributed by atoms with Gasteiger partial charge in [0, 0.05) is 18.7 Å². The van der Waals surface area contributed by atoms with Gasteiger partial charge < -0.3 is 9.26 Å². The van der Waals surface area contributed by atoms with Crippen LogP contribution < -0.4 is 4.72 Å². The lowest BCUT2D eigenvalue weighted by molar-refractivity contribution is 0.114. The summed E-state index contributed by atoms with van der Waals surface area (Å²) < 4.78 is 37.8. The maximum absolute atomic E-state index is 12.3. The van der Waals surface area contributed by atoms with Gasteiger partial charge in [0.15, 0.2) is 0 Å². The molecule has 0 radical (unpaired) electrons. The molecule has 2 heterocycles. The highest BCUT2D eigenvalue weighted by Gasteiger charge is 2.20. The lowest BCUT2D eigenvalue weighted by Crippen LogP contribution is -2.31. The van der Waals surface area contributed by atoms with E-state index in [-0.39, 0.29) is 11.0 Å². The van der Waals surface area contributed by atoms with Gasteiger partial charge in [-0.1, -0.05) is 17.3 Å². The summed E-state index contributed by atoms with van der Waals surface area (Å²) >= 11 is 0. The summed E-state index contributed by atoms with van der Waals surface area (Å²) in [6.45, 7) is 4.72. The molecular formula is C16H20N2O4S. The summed E-state index contributed by atoms with van der Waals surface area (Å²) in [7, 11) is -3.52. The molecule has 23 heavy (non-hydrogen) atoms. The van der Waals surface area contributed by atoms with Crippen LogP contribution in [0.2, 0.25) is 0 Å². The Morgan fingerprint density at radius 3 is 2.57 bits per heavy atom. The third kappa shape index (κ3) is 3.46. The number of benzene rings is 1. The van der Waals surface area contributed by atoms with Gasteiger partial charge in [0.25, 0.3) is 0 Å². The first kappa shape index (κ1) is 16.2. The second-order valence-electron chi connectivity index (χ2n) is 5.71. The minimum Gasteiger partial charge on any atom is -0.377 e. The molecule has 1 fully saturated rings. The Morgan fingerprint density at radius 1 is 1.26 bits per heavy atom. The number of aromatic nitrogens is 1. The second-order valence-corrected chi connectivity index (χ2v) is 7.48. The zero-order chi connectivity index (χ0) is 16.4. The van der Waals surface area contributed by atoms with Gasteiger partial charge >= 0.3 is 0 Å². The largest absolute Gasteiger partial charge is 0.377 e. The normalized spacial score (nSPS) is 18.4. The average molecular weight is 336 g/mol. The van der Waals surface area contributed by atoms with Crippen LogP contribution in [-0.2, 0) is 14.8 Å². The molecule has 1 aliphatic rings. The Morgan fingerprint density at radius 2 is 2.00 bits per heavy atom. The zero-order valence-corrected chi connectivity index (χ0v) is 14.0. The number of hydrogen-bond acceptors (Lipinski definition) is 5. The van der Waals surface area contributed by atoms with Crippen LogP contribution in [0.5, 0.6) is 0 Å². The summed E-state index contributed by atoms with van der Waals surface area (Å²) in [5.41, 5.74) is 2.58. The van der Waals surface area contributed by atoms with Crippen molar-refractivity contribution in [3.63, 3.8) is 0 Å². The van der Waals surface area contributed by atoms with Crippen molar-refractivity contribution in [2.45, 2.75) is 37.7 Å². The number of aryl methyl sites for hydroxylation is 2. The first-order valence-corrected chi connectivity index (χ1v) is 9.10. The lowest BCUT2D eigenvalue weighted by Gasteiger charge is -2.11. The maximum atomic E-state index is 12.3. The van der Waals surface area contributed by atoms with E-state index in [9.17, 15) is 8.42 Å². The van der Waals surface area contributed by atoms with Crippen molar-refractivity contribution in [2.24, 2.45) is 0 Å². The Hall–Kier alpha value is -1.70. The topological polar surface area (TPSA) is 81.4 Å². The third-order valence-electron chi connectivity index (χ3n) is 4.01. The van der Waals surface area contributed by atoms with Crippen LogP contribution >= 0.6 is 0 Å². The van der Waals surface area contributed by atoms with Crippen LogP contribution in [0.1, 0.15) is 24.3 Å². The first-order chi connectivity index (χ1) is 11.0. The SMILES string of the molecule is Cc1noc(C)c1-c1ccc(S(=O)(=O)NC[C@@H]2CCCO2)cc1. The molecule has 1 aliphatic heterocycles. The molecular weight excluding hydrogens is 316 g/mol. The van der Waals surface area contributed by atoms with E-state index in [2.05, 4.69) is 9.88 Å². The second kappa shape index (κ2) is 6.43. The van der Waals surface area contributed by atoms with E-state index < -0.39 is 10.0 Å². The molecule has 0 spiro atoms. The van der Waals surface area contributed by atoms with E-state index in [0.717, 1.165) is 35.4 Å². The van der Waals surface area contributed by atoms with Crippen LogP contribution in [-0.4, -0.2) is 32.8 Å². The summed E-state index contributed by atoms with van der Waals surface area (Å²) in [5.74, 6) is 0.717. The van der Waals surface area contributed by atoms with Crippen LogP contribution in [0.4, 0.5) is 0 Å². The Balaban J connectivity index is 1.75. The molecule has 1 aromatic carbocycles. The fourth-order valence-corrected chi connectivity index (χ4v) is 3.85. The number of rotatable bonds is 5. The highest BCUT2D eigenvalue weighted by molar-refractivity contribution is 7.89. The van der Waals surface area contributed by atoms with E-state index in [1.807, 2.05) is 13.8 Å². The predicted molar refractivity (Wildman–Crippen MR) is 85.6 cm³/mol. The van der Waals surface area contributed by atoms with Crippen molar-refractivity contribution in [1.29, 1.82) is 0 Å². The van der Waals surface area contributed by atoms with Crippen LogP contribution in [0.25, 0.3) is 11.1 Å². The van der Waals surface area contributed by atoms with E-state index >= 15 is 0 Å². The maximum Gasteiger partial charge on any atom is 0.240 e. The monoisotopic (exact) mass is 336 g/mol. The molecule has 6 nitrogen and oxygen atoms in total. The van der Waals surface area contributed by atoms with Gasteiger partial charge in [0.05, 0.1) is 16.7 Å². The molecule has 0 aliphatic carbocycles. The first-order valence-electron chi connectivity index (χ1n) is 7.62. The van der Waals surface area contributed by atoms with Crippen molar-refractivity contribution in [2.75, 3.05) is 13.2 Å². The number of hydrogen-bond donors (Lipinski definition) is 1. The summed E-state index contributed by atoms with van der Waals surface area (Å²) in [6, 6.07) is 6.73. The van der Waals surface area contributed by atoms with Crippen molar-refractivity contribution in [1.82, 2.24) is 9.88 Å². The van der Waals surface area contributed by atoms with Crippen molar-refractivity contribution in [3.05, 3.63) is 35.7 Å². The molecule has 7 heteroatoms. The molecule has 1 aromatic heterocycles. The van der Waals surface area contributed by atoms with E-state index in [0.29, 0.717) is 13.2 Å². The molecule has 0 saturated carbocycles. The Labute approximate surface area is 135 Å². The van der Waals surface area contributed by atoms with Crippen molar-refractivity contribution < 1.29 is 17.7 Å². The molecule has 2 aromatic rings. The van der Waals surface area contributed by atoms with Gasteiger partial charge in [-0.25, -0.2) is 13.1 Å². The quantitative estimate of drug-likeness (QED) is 0.907. The number of nitrogens with zero attached hydrogens (tertiary/aromatic N) is 1. The summed E-state index contributed by atoms with van der Waals surface area (Å²) in [4.78, 5) is 0.242. The zero-order valence-electron chi connectivity index (χ0n) is 13.2. The van der Waals surface area contributed by atoms with Gasteiger partial charge in [0.1, 0.15) is 5.76 Å². The van der Waals surface area contributed by atoms with Crippen LogP contribution in [0.3, 0.4) is 0 Å². The van der Waals surface area contributed by atoms with Gasteiger partial charge in [-0.2, -0.15) is 0 Å². The van der Waals surface area contributed by atoms with Gasteiger partial charge in [-0.3, -0.25) is 0 Å².